The first-order chi connectivity index (χ1) is 17.0. The molecule has 1 amide bonds. The predicted molar refractivity (Wildman–Crippen MR) is 137 cm³/mol. The zero-order chi connectivity index (χ0) is 24.4. The molecule has 0 bridgehead atoms. The maximum Gasteiger partial charge on any atom is 0.254 e. The van der Waals surface area contributed by atoms with Gasteiger partial charge < -0.3 is 31.8 Å². The van der Waals surface area contributed by atoms with Gasteiger partial charge in [-0.15, -0.1) is 0 Å². The first-order valence-electron chi connectivity index (χ1n) is 11.8. The van der Waals surface area contributed by atoms with E-state index >= 15 is 0 Å². The van der Waals surface area contributed by atoms with E-state index in [1.807, 2.05) is 36.5 Å². The molecule has 0 saturated heterocycles. The van der Waals surface area contributed by atoms with Gasteiger partial charge >= 0.3 is 0 Å². The molecule has 0 unspecified atom stereocenters. The first kappa shape index (κ1) is 22.7. The molecule has 35 heavy (non-hydrogen) atoms. The molecule has 0 aliphatic heterocycles. The lowest BCUT2D eigenvalue weighted by Gasteiger charge is -2.29. The van der Waals surface area contributed by atoms with Crippen LogP contribution in [0.4, 0.5) is 17.5 Å². The zero-order valence-corrected chi connectivity index (χ0v) is 19.3. The number of amides is 1. The van der Waals surface area contributed by atoms with Crippen molar-refractivity contribution in [2.75, 3.05) is 10.6 Å². The third-order valence-corrected chi connectivity index (χ3v) is 6.51. The van der Waals surface area contributed by atoms with Crippen molar-refractivity contribution in [3.8, 4) is 5.75 Å². The Morgan fingerprint density at radius 2 is 1.91 bits per heavy atom. The highest BCUT2D eigenvalue weighted by Crippen LogP contribution is 2.26. The Bertz CT molecular complexity index is 1350. The minimum absolute atomic E-state index is 0.0448. The van der Waals surface area contributed by atoms with Crippen molar-refractivity contribution in [3.05, 3.63) is 72.1 Å². The van der Waals surface area contributed by atoms with Gasteiger partial charge in [-0.1, -0.05) is 31.0 Å². The highest BCUT2D eigenvalue weighted by molar-refractivity contribution is 5.98. The number of aromatic hydroxyl groups is 1. The molecule has 2 aromatic heterocycles. The quantitative estimate of drug-likeness (QED) is 0.276. The Morgan fingerprint density at radius 1 is 1.11 bits per heavy atom. The number of nitrogens with one attached hydrogen (secondary N) is 2. The fraction of sp³-hybridized carbons (Fsp3) is 0.269. The smallest absolute Gasteiger partial charge is 0.254 e. The normalized spacial score (nSPS) is 17.9. The lowest BCUT2D eigenvalue weighted by atomic mass is 9.91. The molecule has 2 heterocycles. The van der Waals surface area contributed by atoms with Gasteiger partial charge in [-0.25, -0.2) is 4.98 Å². The summed E-state index contributed by atoms with van der Waals surface area (Å²) in [4.78, 5) is 20.9. The summed E-state index contributed by atoms with van der Waals surface area (Å²) in [7, 11) is 0. The van der Waals surface area contributed by atoms with Crippen LogP contribution in [0.25, 0.3) is 10.9 Å². The minimum Gasteiger partial charge on any atom is -0.508 e. The number of benzene rings is 2. The molecule has 7 N–H and O–H groups in total. The van der Waals surface area contributed by atoms with E-state index in [0.717, 1.165) is 47.8 Å². The average molecular weight is 472 g/mol. The molecule has 2 atom stereocenters. The maximum absolute atomic E-state index is 12.1. The molecule has 1 aliphatic rings. The summed E-state index contributed by atoms with van der Waals surface area (Å²) < 4.78 is 2.12. The van der Waals surface area contributed by atoms with Gasteiger partial charge in [0.05, 0.1) is 5.52 Å². The van der Waals surface area contributed by atoms with Gasteiger partial charge in [-0.05, 0) is 54.1 Å². The van der Waals surface area contributed by atoms with E-state index in [1.165, 1.54) is 6.20 Å². The topological polar surface area (TPSA) is 144 Å². The second kappa shape index (κ2) is 9.63. The largest absolute Gasteiger partial charge is 0.508 e. The van der Waals surface area contributed by atoms with Crippen molar-refractivity contribution in [2.24, 2.45) is 11.5 Å². The second-order valence-corrected chi connectivity index (χ2v) is 9.03. The van der Waals surface area contributed by atoms with Crippen molar-refractivity contribution in [1.29, 1.82) is 0 Å². The second-order valence-electron chi connectivity index (χ2n) is 9.03. The number of phenols is 1. The molecule has 180 valence electrons. The van der Waals surface area contributed by atoms with Crippen molar-refractivity contribution < 1.29 is 9.90 Å². The number of anilines is 3. The monoisotopic (exact) mass is 471 g/mol. The molecule has 1 aliphatic carbocycles. The fourth-order valence-corrected chi connectivity index (χ4v) is 4.57. The lowest BCUT2D eigenvalue weighted by molar-refractivity contribution is 0.100. The van der Waals surface area contributed by atoms with Crippen LogP contribution in [-0.4, -0.2) is 37.6 Å². The number of fused-ring (bicyclic) bond motifs is 1. The van der Waals surface area contributed by atoms with Crippen LogP contribution in [0.2, 0.25) is 0 Å². The summed E-state index contributed by atoms with van der Waals surface area (Å²) in [5.74, 6) is 0.393. The Hall–Kier alpha value is -4.11. The van der Waals surface area contributed by atoms with Crippen LogP contribution in [0.1, 0.15) is 41.6 Å². The third kappa shape index (κ3) is 5.04. The molecular weight excluding hydrogens is 442 g/mol. The molecule has 0 radical (unpaired) electrons. The van der Waals surface area contributed by atoms with Crippen LogP contribution < -0.4 is 22.1 Å². The van der Waals surface area contributed by atoms with Crippen LogP contribution >= 0.6 is 0 Å². The number of carbonyl (C=O) groups excluding carboxylic acids is 1. The van der Waals surface area contributed by atoms with Gasteiger partial charge in [-0.3, -0.25) is 4.79 Å². The number of nitrogens with zero attached hydrogens (tertiary/aromatic N) is 3. The van der Waals surface area contributed by atoms with E-state index < -0.39 is 5.91 Å². The Morgan fingerprint density at radius 3 is 2.69 bits per heavy atom. The number of primary amides is 1. The van der Waals surface area contributed by atoms with Crippen molar-refractivity contribution in [1.82, 2.24) is 14.5 Å². The van der Waals surface area contributed by atoms with E-state index in [1.54, 1.807) is 12.1 Å². The van der Waals surface area contributed by atoms with Crippen LogP contribution in [0.15, 0.2) is 60.9 Å². The standard InChI is InChI=1S/C26H29N7O2/c27-21-3-1-2-4-22(21)31-26-29-14-20(24(28)35)25(32-26)30-18-8-7-17-11-12-33(23(17)13-18)15-16-5-9-19(34)10-6-16/h5-14,21-22,34H,1-4,15,27H2,(H2,28,35)(H2,29,30,31,32)/t21-,22+/m0/s1. The summed E-state index contributed by atoms with van der Waals surface area (Å²) in [5.41, 5.74) is 14.9. The number of nitrogens with two attached hydrogens (primary N) is 2. The van der Waals surface area contributed by atoms with E-state index in [0.29, 0.717) is 18.3 Å². The molecule has 1 saturated carbocycles. The van der Waals surface area contributed by atoms with Crippen LogP contribution in [0.3, 0.4) is 0 Å². The summed E-state index contributed by atoms with van der Waals surface area (Å²) in [6, 6.07) is 15.3. The summed E-state index contributed by atoms with van der Waals surface area (Å²) in [6.45, 7) is 0.656. The molecule has 9 nitrogen and oxygen atoms in total. The highest BCUT2D eigenvalue weighted by atomic mass is 16.3. The van der Waals surface area contributed by atoms with Gasteiger partial charge in [0, 0.05) is 36.7 Å². The van der Waals surface area contributed by atoms with Crippen LogP contribution in [-0.2, 0) is 6.54 Å². The number of hydrogen-bond acceptors (Lipinski definition) is 7. The van der Waals surface area contributed by atoms with Gasteiger partial charge in [0.1, 0.15) is 17.1 Å². The van der Waals surface area contributed by atoms with Gasteiger partial charge in [0.25, 0.3) is 5.91 Å². The number of aromatic nitrogens is 3. The predicted octanol–water partition coefficient (Wildman–Crippen LogP) is 3.71. The molecule has 0 spiro atoms. The highest BCUT2D eigenvalue weighted by Gasteiger charge is 2.23. The lowest BCUT2D eigenvalue weighted by Crippen LogP contribution is -2.43. The van der Waals surface area contributed by atoms with E-state index in [4.69, 9.17) is 11.5 Å². The molecule has 4 aromatic rings. The van der Waals surface area contributed by atoms with Gasteiger partial charge in [-0.2, -0.15) is 4.98 Å². The fourth-order valence-electron chi connectivity index (χ4n) is 4.57. The van der Waals surface area contributed by atoms with E-state index in [2.05, 4.69) is 31.2 Å². The van der Waals surface area contributed by atoms with Gasteiger partial charge in [0.15, 0.2) is 0 Å². The Kier molecular flexibility index (Phi) is 6.24. The van der Waals surface area contributed by atoms with Crippen molar-refractivity contribution in [3.63, 3.8) is 0 Å². The molecule has 9 heteroatoms. The molecule has 2 aromatic carbocycles. The van der Waals surface area contributed by atoms with Crippen LogP contribution in [0, 0.1) is 0 Å². The first-order valence-corrected chi connectivity index (χ1v) is 11.8. The van der Waals surface area contributed by atoms with Crippen molar-refractivity contribution in [2.45, 2.75) is 44.3 Å². The summed E-state index contributed by atoms with van der Waals surface area (Å²) >= 11 is 0. The Labute approximate surface area is 203 Å². The number of hydrogen-bond donors (Lipinski definition) is 5. The number of rotatable bonds is 7. The average Bonchev–Trinajstić information content (AvgIpc) is 3.24. The van der Waals surface area contributed by atoms with Crippen LogP contribution in [0.5, 0.6) is 5.75 Å². The number of phenolic OH excluding ortho intramolecular Hbond substituents is 1. The van der Waals surface area contributed by atoms with E-state index in [-0.39, 0.29) is 23.4 Å². The minimum atomic E-state index is -0.606. The zero-order valence-electron chi connectivity index (χ0n) is 19.3. The Balaban J connectivity index is 1.41. The third-order valence-electron chi connectivity index (χ3n) is 6.51. The SMILES string of the molecule is NC(=O)c1cnc(N[C@@H]2CCCC[C@@H]2N)nc1Nc1ccc2ccn(Cc3ccc(O)cc3)c2c1. The van der Waals surface area contributed by atoms with E-state index in [9.17, 15) is 9.90 Å². The van der Waals surface area contributed by atoms with Crippen molar-refractivity contribution >= 4 is 34.3 Å². The van der Waals surface area contributed by atoms with Gasteiger partial charge in [0.2, 0.25) is 5.95 Å². The summed E-state index contributed by atoms with van der Waals surface area (Å²) in [6.07, 6.45) is 7.63. The molecule has 1 fully saturated rings. The summed E-state index contributed by atoms with van der Waals surface area (Å²) in [5, 5.41) is 17.2. The maximum atomic E-state index is 12.1. The molecular formula is C26H29N7O2. The number of carbonyl (C=O) groups is 1. The molecule has 5 rings (SSSR count).